The van der Waals surface area contributed by atoms with E-state index >= 15 is 0 Å². The monoisotopic (exact) mass is 246 g/mol. The van der Waals surface area contributed by atoms with Crippen LogP contribution in [-0.2, 0) is 11.2 Å². The fourth-order valence-electron chi connectivity index (χ4n) is 2.43. The molecule has 3 nitrogen and oxygen atoms in total. The molecule has 18 heavy (non-hydrogen) atoms. The fraction of sp³-hybridized carbons (Fsp3) is 0.533. The Morgan fingerprint density at radius 2 is 2.33 bits per heavy atom. The highest BCUT2D eigenvalue weighted by atomic mass is 16.1. The smallest absolute Gasteiger partial charge is 0.227 e. The summed E-state index contributed by atoms with van der Waals surface area (Å²) >= 11 is 0. The first kappa shape index (κ1) is 12.9. The number of fused-ring (bicyclic) bond motifs is 1. The molecule has 0 bridgehead atoms. The molecule has 1 aliphatic rings. The molecule has 0 aromatic heterocycles. The van der Waals surface area contributed by atoms with Crippen LogP contribution in [0.4, 0.5) is 11.4 Å². The van der Waals surface area contributed by atoms with Crippen molar-refractivity contribution in [2.45, 2.75) is 39.5 Å². The molecular formula is C15H22N2O. The van der Waals surface area contributed by atoms with Crippen molar-refractivity contribution >= 4 is 17.3 Å². The van der Waals surface area contributed by atoms with Gasteiger partial charge >= 0.3 is 0 Å². The van der Waals surface area contributed by atoms with Crippen molar-refractivity contribution in [3.8, 4) is 0 Å². The number of hydrogen-bond donors (Lipinski definition) is 2. The lowest BCUT2D eigenvalue weighted by Gasteiger charge is -2.22. The number of benzene rings is 1. The molecule has 1 aromatic rings. The number of carbonyl (C=O) groups is 1. The lowest BCUT2D eigenvalue weighted by molar-refractivity contribution is -0.119. The first-order chi connectivity index (χ1) is 8.72. The van der Waals surface area contributed by atoms with E-state index in [0.717, 1.165) is 43.6 Å². The molecule has 1 aromatic carbocycles. The zero-order valence-electron chi connectivity index (χ0n) is 11.3. The quantitative estimate of drug-likeness (QED) is 0.854. The van der Waals surface area contributed by atoms with Crippen LogP contribution >= 0.6 is 0 Å². The van der Waals surface area contributed by atoms with Gasteiger partial charge in [-0.25, -0.2) is 0 Å². The van der Waals surface area contributed by atoms with E-state index < -0.39 is 0 Å². The number of amides is 1. The molecule has 1 unspecified atom stereocenters. The predicted molar refractivity (Wildman–Crippen MR) is 76.0 cm³/mol. The van der Waals surface area contributed by atoms with E-state index in [9.17, 15) is 4.79 Å². The van der Waals surface area contributed by atoms with Crippen LogP contribution in [0.2, 0.25) is 0 Å². The number of hydrogen-bond acceptors (Lipinski definition) is 2. The van der Waals surface area contributed by atoms with Crippen molar-refractivity contribution < 1.29 is 4.79 Å². The molecule has 2 N–H and O–H groups in total. The maximum atomic E-state index is 12.0. The molecule has 2 rings (SSSR count). The molecule has 1 amide bonds. The molecule has 0 saturated heterocycles. The summed E-state index contributed by atoms with van der Waals surface area (Å²) in [5.41, 5.74) is 3.35. The number of anilines is 2. The average Bonchev–Trinajstić information content (AvgIpc) is 2.39. The third-order valence-corrected chi connectivity index (χ3v) is 3.50. The van der Waals surface area contributed by atoms with Gasteiger partial charge < -0.3 is 10.6 Å². The van der Waals surface area contributed by atoms with Gasteiger partial charge in [0.15, 0.2) is 0 Å². The lowest BCUT2D eigenvalue weighted by atomic mass is 10.0. The molecular weight excluding hydrogens is 224 g/mol. The Labute approximate surface area is 109 Å². The molecule has 0 fully saturated rings. The molecule has 0 spiro atoms. The van der Waals surface area contributed by atoms with E-state index in [-0.39, 0.29) is 11.8 Å². The van der Waals surface area contributed by atoms with Crippen LogP contribution in [0.3, 0.4) is 0 Å². The third-order valence-electron chi connectivity index (χ3n) is 3.50. The van der Waals surface area contributed by atoms with E-state index in [1.165, 1.54) is 5.56 Å². The highest BCUT2D eigenvalue weighted by Gasteiger charge is 2.16. The Morgan fingerprint density at radius 1 is 1.50 bits per heavy atom. The van der Waals surface area contributed by atoms with Crippen LogP contribution in [0.5, 0.6) is 0 Å². The van der Waals surface area contributed by atoms with Gasteiger partial charge in [0.25, 0.3) is 0 Å². The van der Waals surface area contributed by atoms with E-state index in [2.05, 4.69) is 23.6 Å². The Kier molecular flexibility index (Phi) is 4.24. The molecule has 0 saturated carbocycles. The summed E-state index contributed by atoms with van der Waals surface area (Å²) < 4.78 is 0. The second kappa shape index (κ2) is 5.89. The molecule has 0 radical (unpaired) electrons. The molecule has 1 aliphatic heterocycles. The maximum Gasteiger partial charge on any atom is 0.227 e. The van der Waals surface area contributed by atoms with Crippen molar-refractivity contribution in [2.24, 2.45) is 5.92 Å². The minimum Gasteiger partial charge on any atom is -0.383 e. The SMILES string of the molecule is CCCC(C)C(=O)Nc1cccc2c1NCCC2. The first-order valence-corrected chi connectivity index (χ1v) is 6.89. The van der Waals surface area contributed by atoms with Crippen LogP contribution in [0.1, 0.15) is 38.7 Å². The second-order valence-electron chi connectivity index (χ2n) is 5.05. The summed E-state index contributed by atoms with van der Waals surface area (Å²) in [5.74, 6) is 0.201. The Hall–Kier alpha value is -1.51. The van der Waals surface area contributed by atoms with Crippen LogP contribution < -0.4 is 10.6 Å². The number of aryl methyl sites for hydroxylation is 1. The molecule has 1 atom stereocenters. The maximum absolute atomic E-state index is 12.0. The number of nitrogens with one attached hydrogen (secondary N) is 2. The molecule has 0 aliphatic carbocycles. The number of rotatable bonds is 4. The van der Waals surface area contributed by atoms with E-state index in [1.807, 2.05) is 19.1 Å². The van der Waals surface area contributed by atoms with Crippen molar-refractivity contribution in [2.75, 3.05) is 17.2 Å². The van der Waals surface area contributed by atoms with Crippen molar-refractivity contribution in [1.82, 2.24) is 0 Å². The van der Waals surface area contributed by atoms with Gasteiger partial charge in [-0.2, -0.15) is 0 Å². The third kappa shape index (κ3) is 2.84. The summed E-state index contributed by atoms with van der Waals surface area (Å²) in [4.78, 5) is 12.0. The normalized spacial score (nSPS) is 15.4. The van der Waals surface area contributed by atoms with Crippen LogP contribution in [0.25, 0.3) is 0 Å². The summed E-state index contributed by atoms with van der Waals surface area (Å²) in [6.45, 7) is 5.09. The topological polar surface area (TPSA) is 41.1 Å². The second-order valence-corrected chi connectivity index (χ2v) is 5.05. The van der Waals surface area contributed by atoms with Gasteiger partial charge in [0.2, 0.25) is 5.91 Å². The molecule has 1 heterocycles. The van der Waals surface area contributed by atoms with Gasteiger partial charge in [-0.15, -0.1) is 0 Å². The Morgan fingerprint density at radius 3 is 3.11 bits per heavy atom. The summed E-state index contributed by atoms with van der Waals surface area (Å²) in [6.07, 6.45) is 4.24. The molecule has 3 heteroatoms. The minimum absolute atomic E-state index is 0.0782. The van der Waals surface area contributed by atoms with Crippen molar-refractivity contribution in [3.05, 3.63) is 23.8 Å². The van der Waals surface area contributed by atoms with Crippen molar-refractivity contribution in [3.63, 3.8) is 0 Å². The number of para-hydroxylation sites is 1. The Balaban J connectivity index is 2.12. The van der Waals surface area contributed by atoms with Crippen LogP contribution in [0, 0.1) is 5.92 Å². The van der Waals surface area contributed by atoms with Gasteiger partial charge in [0, 0.05) is 12.5 Å². The highest BCUT2D eigenvalue weighted by molar-refractivity contribution is 5.96. The van der Waals surface area contributed by atoms with E-state index in [1.54, 1.807) is 0 Å². The minimum atomic E-state index is 0.0782. The van der Waals surface area contributed by atoms with E-state index in [4.69, 9.17) is 0 Å². The first-order valence-electron chi connectivity index (χ1n) is 6.89. The van der Waals surface area contributed by atoms with Gasteiger partial charge in [-0.05, 0) is 30.9 Å². The van der Waals surface area contributed by atoms with Gasteiger partial charge in [0.05, 0.1) is 11.4 Å². The standard InChI is InChI=1S/C15H22N2O/c1-3-6-11(2)15(18)17-13-9-4-7-12-8-5-10-16-14(12)13/h4,7,9,11,16H,3,5-6,8,10H2,1-2H3,(H,17,18). The fourth-order valence-corrected chi connectivity index (χ4v) is 2.43. The lowest BCUT2D eigenvalue weighted by Crippen LogP contribution is -2.22. The van der Waals surface area contributed by atoms with Crippen molar-refractivity contribution in [1.29, 1.82) is 0 Å². The molecule has 98 valence electrons. The summed E-state index contributed by atoms with van der Waals surface area (Å²) in [5, 5.41) is 6.45. The van der Waals surface area contributed by atoms with Gasteiger partial charge in [-0.1, -0.05) is 32.4 Å². The predicted octanol–water partition coefficient (Wildman–Crippen LogP) is 3.42. The largest absolute Gasteiger partial charge is 0.383 e. The van der Waals surface area contributed by atoms with Gasteiger partial charge in [-0.3, -0.25) is 4.79 Å². The van der Waals surface area contributed by atoms with E-state index in [0.29, 0.717) is 0 Å². The summed E-state index contributed by atoms with van der Waals surface area (Å²) in [6, 6.07) is 6.13. The summed E-state index contributed by atoms with van der Waals surface area (Å²) in [7, 11) is 0. The zero-order chi connectivity index (χ0) is 13.0. The van der Waals surface area contributed by atoms with Crippen LogP contribution in [0.15, 0.2) is 18.2 Å². The Bertz CT molecular complexity index is 429. The van der Waals surface area contributed by atoms with Crippen LogP contribution in [-0.4, -0.2) is 12.5 Å². The number of carbonyl (C=O) groups excluding carboxylic acids is 1. The highest BCUT2D eigenvalue weighted by Crippen LogP contribution is 2.30. The average molecular weight is 246 g/mol. The zero-order valence-corrected chi connectivity index (χ0v) is 11.3. The van der Waals surface area contributed by atoms with Gasteiger partial charge in [0.1, 0.15) is 0 Å².